The number of carboxylic acid groups (broad SMARTS) is 1. The summed E-state index contributed by atoms with van der Waals surface area (Å²) in [5.74, 6) is -2.29. The van der Waals surface area contributed by atoms with Gasteiger partial charge < -0.3 is 33.3 Å². The first-order valence-corrected chi connectivity index (χ1v) is 40.9. The first kappa shape index (κ1) is 95.4. The van der Waals surface area contributed by atoms with Gasteiger partial charge in [0.05, 0.1) is 40.3 Å². The van der Waals surface area contributed by atoms with E-state index < -0.39 is 24.3 Å². The minimum atomic E-state index is -1.63. The van der Waals surface area contributed by atoms with Crippen molar-refractivity contribution in [3.8, 4) is 0 Å². The summed E-state index contributed by atoms with van der Waals surface area (Å²) in [7, 11) is 5.93. The van der Waals surface area contributed by atoms with Crippen molar-refractivity contribution in [2.45, 2.75) is 334 Å². The summed E-state index contributed by atoms with van der Waals surface area (Å²) in [5.41, 5.74) is 0. The van der Waals surface area contributed by atoms with Gasteiger partial charge in [0.2, 0.25) is 0 Å². The minimum Gasteiger partial charge on any atom is -0.545 e. The number of carboxylic acids is 1. The number of carbonyl (C=O) groups excluding carboxylic acids is 3. The fourth-order valence-corrected chi connectivity index (χ4v) is 11.0. The summed E-state index contributed by atoms with van der Waals surface area (Å²) < 4.78 is 22.9. The predicted molar refractivity (Wildman–Crippen MR) is 435 cm³/mol. The topological polar surface area (TPSA) is 111 Å². The molecule has 101 heavy (non-hydrogen) atoms. The second-order valence-corrected chi connectivity index (χ2v) is 27.9. The highest BCUT2D eigenvalue weighted by molar-refractivity contribution is 5.70. The molecule has 0 rings (SSSR count). The van der Waals surface area contributed by atoms with Gasteiger partial charge in [0, 0.05) is 12.8 Å². The van der Waals surface area contributed by atoms with Gasteiger partial charge in [-0.15, -0.1) is 0 Å². The van der Waals surface area contributed by atoms with E-state index in [1.165, 1.54) is 148 Å². The molecule has 0 aliphatic heterocycles. The lowest BCUT2D eigenvalue weighted by molar-refractivity contribution is -0.870. The lowest BCUT2D eigenvalue weighted by Crippen LogP contribution is -2.44. The zero-order valence-corrected chi connectivity index (χ0v) is 65.5. The zero-order valence-electron chi connectivity index (χ0n) is 65.5. The van der Waals surface area contributed by atoms with E-state index in [0.717, 1.165) is 141 Å². The molecule has 0 radical (unpaired) electrons. The minimum absolute atomic E-state index is 0.140. The molecule has 0 heterocycles. The maximum atomic E-state index is 13.0. The van der Waals surface area contributed by atoms with Gasteiger partial charge in [-0.05, 0) is 135 Å². The van der Waals surface area contributed by atoms with Crippen LogP contribution in [0.2, 0.25) is 0 Å². The number of nitrogens with zero attached hydrogens (tertiary/aromatic N) is 1. The van der Waals surface area contributed by atoms with Crippen LogP contribution in [0.4, 0.5) is 0 Å². The van der Waals surface area contributed by atoms with Gasteiger partial charge in [-0.3, -0.25) is 9.59 Å². The second kappa shape index (κ2) is 80.1. The largest absolute Gasteiger partial charge is 0.545 e. The summed E-state index contributed by atoms with van der Waals surface area (Å²) in [6, 6.07) is 0. The number of esters is 2. The highest BCUT2D eigenvalue weighted by Gasteiger charge is 2.22. The van der Waals surface area contributed by atoms with E-state index in [4.69, 9.17) is 18.9 Å². The number of hydrogen-bond donors (Lipinski definition) is 0. The molecule has 0 aliphatic rings. The van der Waals surface area contributed by atoms with Gasteiger partial charge >= 0.3 is 11.9 Å². The Balaban J connectivity index is 4.07. The standard InChI is InChI=1S/C92H151NO8/c1-6-8-10-12-14-16-18-20-22-24-26-28-30-32-34-36-38-40-42-44-45-47-48-50-52-54-56-58-60-62-64-66-68-70-72-74-76-78-80-82-89(94)99-86-88(87-100-92(91(96)97)98-85-84-93(3,4)5)101-90(95)83-81-79-77-75-73-71-69-67-65-63-61-59-57-55-53-51-49-46-43-41-39-37-35-33-31-29-27-25-23-21-19-17-15-13-11-9-7-2/h8-11,14-17,20-23,26-29,32-35,38-41,46,49,53,55,59,61,88,92H,6-7,12-13,18-19,24-25,30-31,36-37,42-45,47-48,50-52,54,56-58,60,62-87H2,1-5H3/b10-8-,11-9-,16-14-,17-15-,22-20-,23-21-,28-26-,29-27-,34-32-,35-33-,40-38-,41-39-,49-46-,55-53-,61-59-. The molecule has 0 saturated heterocycles. The number of likely N-dealkylation sites (N-methyl/N-ethyl adjacent to an activating group) is 1. The van der Waals surface area contributed by atoms with Crippen molar-refractivity contribution in [3.05, 3.63) is 182 Å². The van der Waals surface area contributed by atoms with Crippen molar-refractivity contribution < 1.29 is 42.9 Å². The molecule has 0 fully saturated rings. The van der Waals surface area contributed by atoms with Crippen LogP contribution in [0.3, 0.4) is 0 Å². The van der Waals surface area contributed by atoms with Gasteiger partial charge in [-0.25, -0.2) is 0 Å². The molecular weight excluding hydrogens is 1250 g/mol. The third-order valence-corrected chi connectivity index (χ3v) is 17.1. The van der Waals surface area contributed by atoms with Gasteiger partial charge in [0.1, 0.15) is 13.2 Å². The van der Waals surface area contributed by atoms with Crippen molar-refractivity contribution in [2.75, 3.05) is 47.5 Å². The third kappa shape index (κ3) is 81.6. The number of aliphatic carboxylic acids is 1. The summed E-state index contributed by atoms with van der Waals surface area (Å²) in [4.78, 5) is 37.6. The number of unbranched alkanes of at least 4 members (excludes halogenated alkanes) is 29. The third-order valence-electron chi connectivity index (χ3n) is 17.1. The van der Waals surface area contributed by atoms with Gasteiger partial charge in [0.15, 0.2) is 12.4 Å². The average Bonchev–Trinajstić information content (AvgIpc) is 1.25. The Labute approximate surface area is 621 Å². The molecule has 0 aromatic rings. The SMILES string of the molecule is CC/C=C\C/C=C\C/C=C\C/C=C\C/C=C\C/C=C\C/C=C\C/C=C\C/C=C\CCCCCCCCCCCC(=O)OC(COC(=O)CCCCCCCCCCCCCCCCCCCCCC/C=C\C/C=C\C/C=C\C/C=C\C/C=C\C/C=C\CC)COC(OCC[N+](C)(C)C)C(=O)[O-]. The molecule has 0 spiro atoms. The molecule has 0 bridgehead atoms. The average molecular weight is 1400 g/mol. The van der Waals surface area contributed by atoms with Crippen molar-refractivity contribution in [2.24, 2.45) is 0 Å². The molecule has 0 aromatic carbocycles. The molecule has 9 heteroatoms. The zero-order chi connectivity index (χ0) is 73.2. The fraction of sp³-hybridized carbons (Fsp3) is 0.641. The predicted octanol–water partition coefficient (Wildman–Crippen LogP) is 25.4. The van der Waals surface area contributed by atoms with E-state index >= 15 is 0 Å². The molecule has 9 nitrogen and oxygen atoms in total. The Morgan fingerprint density at radius 3 is 0.792 bits per heavy atom. The molecule has 0 aliphatic carbocycles. The molecular formula is C92H151NO8. The van der Waals surface area contributed by atoms with Crippen LogP contribution in [0, 0.1) is 0 Å². The molecule has 0 aromatic heterocycles. The molecule has 0 amide bonds. The van der Waals surface area contributed by atoms with E-state index in [1.807, 2.05) is 21.1 Å². The first-order valence-electron chi connectivity index (χ1n) is 40.9. The normalized spacial score (nSPS) is 13.6. The van der Waals surface area contributed by atoms with Gasteiger partial charge in [-0.1, -0.05) is 357 Å². The van der Waals surface area contributed by atoms with E-state index in [2.05, 4.69) is 196 Å². The Kier molecular flexibility index (Phi) is 75.6. The quantitative estimate of drug-likeness (QED) is 0.0195. The Bertz CT molecular complexity index is 2330. The van der Waals surface area contributed by atoms with Crippen LogP contribution in [-0.2, 0) is 33.3 Å². The lowest BCUT2D eigenvalue weighted by atomic mass is 10.0. The van der Waals surface area contributed by atoms with Crippen LogP contribution in [0.5, 0.6) is 0 Å². The molecule has 0 saturated carbocycles. The number of carbonyl (C=O) groups is 3. The molecule has 2 atom stereocenters. The Morgan fingerprint density at radius 2 is 0.535 bits per heavy atom. The van der Waals surface area contributed by atoms with Crippen molar-refractivity contribution in [1.82, 2.24) is 0 Å². The summed E-state index contributed by atoms with van der Waals surface area (Å²) in [6.07, 6.45) is 119. The van der Waals surface area contributed by atoms with Crippen LogP contribution in [0.1, 0.15) is 322 Å². The van der Waals surface area contributed by atoms with Gasteiger partial charge in [-0.2, -0.15) is 0 Å². The number of rotatable bonds is 74. The summed E-state index contributed by atoms with van der Waals surface area (Å²) >= 11 is 0. The molecule has 0 N–H and O–H groups in total. The number of quaternary nitrogens is 1. The second-order valence-electron chi connectivity index (χ2n) is 27.9. The fourth-order valence-electron chi connectivity index (χ4n) is 11.0. The molecule has 572 valence electrons. The maximum absolute atomic E-state index is 13.0. The van der Waals surface area contributed by atoms with Gasteiger partial charge in [0.25, 0.3) is 0 Å². The number of allylic oxidation sites excluding steroid dienone is 30. The Morgan fingerprint density at radius 1 is 0.297 bits per heavy atom. The summed E-state index contributed by atoms with van der Waals surface area (Å²) in [5, 5.41) is 11.9. The highest BCUT2D eigenvalue weighted by atomic mass is 16.7. The van der Waals surface area contributed by atoms with Crippen molar-refractivity contribution >= 4 is 17.9 Å². The van der Waals surface area contributed by atoms with E-state index in [1.54, 1.807) is 0 Å². The smallest absolute Gasteiger partial charge is 0.306 e. The Hall–Kier alpha value is -5.61. The molecule has 2 unspecified atom stereocenters. The number of hydrogen-bond acceptors (Lipinski definition) is 8. The first-order chi connectivity index (χ1) is 49.6. The van der Waals surface area contributed by atoms with Crippen LogP contribution in [0.15, 0.2) is 182 Å². The van der Waals surface area contributed by atoms with Crippen LogP contribution >= 0.6 is 0 Å². The highest BCUT2D eigenvalue weighted by Crippen LogP contribution is 2.18. The number of ether oxygens (including phenoxy) is 4. The maximum Gasteiger partial charge on any atom is 0.306 e. The van der Waals surface area contributed by atoms with Crippen molar-refractivity contribution in [1.29, 1.82) is 0 Å². The lowest BCUT2D eigenvalue weighted by Gasteiger charge is -2.26. The van der Waals surface area contributed by atoms with E-state index in [9.17, 15) is 19.5 Å². The van der Waals surface area contributed by atoms with Crippen LogP contribution in [0.25, 0.3) is 0 Å². The van der Waals surface area contributed by atoms with Crippen LogP contribution in [-0.4, -0.2) is 82.3 Å². The van der Waals surface area contributed by atoms with E-state index in [0.29, 0.717) is 17.4 Å². The summed E-state index contributed by atoms with van der Waals surface area (Å²) in [6.45, 7) is 4.52. The monoisotopic (exact) mass is 1400 g/mol. The van der Waals surface area contributed by atoms with Crippen LogP contribution < -0.4 is 5.11 Å². The van der Waals surface area contributed by atoms with Crippen molar-refractivity contribution in [3.63, 3.8) is 0 Å². The van der Waals surface area contributed by atoms with E-state index in [-0.39, 0.29) is 38.6 Å².